The Kier molecular flexibility index (Phi) is 3.91. The zero-order valence-corrected chi connectivity index (χ0v) is 14.0. The van der Waals surface area contributed by atoms with Gasteiger partial charge in [0.25, 0.3) is 0 Å². The van der Waals surface area contributed by atoms with E-state index in [0.717, 1.165) is 23.9 Å². The molecule has 1 aromatic rings. The Morgan fingerprint density at radius 2 is 2.09 bits per heavy atom. The molecular weight excluding hydrogens is 292 g/mol. The highest BCUT2D eigenvalue weighted by molar-refractivity contribution is 7.99. The van der Waals surface area contributed by atoms with E-state index < -0.39 is 0 Å². The van der Waals surface area contributed by atoms with E-state index in [1.54, 1.807) is 0 Å². The SMILES string of the molecule is CC(C1CC1)N(CC(=O)N1CCSc2ccccc21)C1CC1. The molecule has 1 atom stereocenters. The highest BCUT2D eigenvalue weighted by atomic mass is 32.2. The molecular formula is C18H24N2OS. The van der Waals surface area contributed by atoms with Gasteiger partial charge in [-0.05, 0) is 50.7 Å². The monoisotopic (exact) mass is 316 g/mol. The van der Waals surface area contributed by atoms with Crippen LogP contribution in [-0.2, 0) is 4.79 Å². The van der Waals surface area contributed by atoms with E-state index in [1.165, 1.54) is 30.6 Å². The van der Waals surface area contributed by atoms with Gasteiger partial charge in [0, 0.05) is 29.3 Å². The second kappa shape index (κ2) is 5.89. The van der Waals surface area contributed by atoms with E-state index in [4.69, 9.17) is 0 Å². The number of carbonyl (C=O) groups is 1. The van der Waals surface area contributed by atoms with E-state index in [-0.39, 0.29) is 5.91 Å². The first-order valence-electron chi connectivity index (χ1n) is 8.52. The molecule has 1 aliphatic heterocycles. The van der Waals surface area contributed by atoms with Crippen molar-refractivity contribution in [2.45, 2.75) is 49.6 Å². The summed E-state index contributed by atoms with van der Waals surface area (Å²) in [5.74, 6) is 2.12. The van der Waals surface area contributed by atoms with Crippen molar-refractivity contribution < 1.29 is 4.79 Å². The van der Waals surface area contributed by atoms with E-state index in [9.17, 15) is 4.79 Å². The zero-order valence-electron chi connectivity index (χ0n) is 13.2. The van der Waals surface area contributed by atoms with E-state index in [2.05, 4.69) is 30.0 Å². The van der Waals surface area contributed by atoms with Crippen LogP contribution in [0.2, 0.25) is 0 Å². The first-order chi connectivity index (χ1) is 10.7. The number of hydrogen-bond donors (Lipinski definition) is 0. The van der Waals surface area contributed by atoms with Gasteiger partial charge in [-0.1, -0.05) is 12.1 Å². The van der Waals surface area contributed by atoms with Gasteiger partial charge in [-0.25, -0.2) is 0 Å². The Morgan fingerprint density at radius 1 is 1.32 bits per heavy atom. The van der Waals surface area contributed by atoms with Crippen molar-refractivity contribution in [1.82, 2.24) is 4.90 Å². The Hall–Kier alpha value is -1.00. The lowest BCUT2D eigenvalue weighted by Gasteiger charge is -2.34. The van der Waals surface area contributed by atoms with Gasteiger partial charge in [-0.3, -0.25) is 9.69 Å². The normalized spacial score (nSPS) is 22.5. The highest BCUT2D eigenvalue weighted by Crippen LogP contribution is 2.40. The summed E-state index contributed by atoms with van der Waals surface area (Å²) in [4.78, 5) is 18.7. The van der Waals surface area contributed by atoms with Gasteiger partial charge in [-0.2, -0.15) is 0 Å². The molecule has 4 heteroatoms. The maximum absolute atomic E-state index is 12.9. The third kappa shape index (κ3) is 2.91. The smallest absolute Gasteiger partial charge is 0.241 e. The number of amides is 1. The Bertz CT molecular complexity index is 568. The van der Waals surface area contributed by atoms with Crippen LogP contribution >= 0.6 is 11.8 Å². The molecule has 2 fully saturated rings. The molecule has 3 aliphatic rings. The van der Waals surface area contributed by atoms with Gasteiger partial charge >= 0.3 is 0 Å². The predicted molar refractivity (Wildman–Crippen MR) is 91.4 cm³/mol. The van der Waals surface area contributed by atoms with Crippen molar-refractivity contribution in [2.24, 2.45) is 5.92 Å². The van der Waals surface area contributed by atoms with Crippen molar-refractivity contribution in [2.75, 3.05) is 23.7 Å². The molecule has 0 bridgehead atoms. The number of anilines is 1. The van der Waals surface area contributed by atoms with E-state index in [0.29, 0.717) is 18.6 Å². The number of rotatable bonds is 5. The fourth-order valence-corrected chi connectivity index (χ4v) is 4.53. The van der Waals surface area contributed by atoms with Crippen LogP contribution in [0.4, 0.5) is 5.69 Å². The summed E-state index contributed by atoms with van der Waals surface area (Å²) < 4.78 is 0. The molecule has 1 aromatic carbocycles. The summed E-state index contributed by atoms with van der Waals surface area (Å²) in [6.07, 6.45) is 5.25. The Labute approximate surface area is 137 Å². The van der Waals surface area contributed by atoms with Crippen LogP contribution in [0, 0.1) is 5.92 Å². The molecule has 1 heterocycles. The number of benzene rings is 1. The van der Waals surface area contributed by atoms with Crippen molar-refractivity contribution in [3.63, 3.8) is 0 Å². The van der Waals surface area contributed by atoms with Gasteiger partial charge in [0.1, 0.15) is 0 Å². The summed E-state index contributed by atoms with van der Waals surface area (Å²) >= 11 is 1.86. The average molecular weight is 316 g/mol. The third-order valence-electron chi connectivity index (χ3n) is 5.19. The zero-order chi connectivity index (χ0) is 15.1. The number of fused-ring (bicyclic) bond motifs is 1. The fourth-order valence-electron chi connectivity index (χ4n) is 3.53. The molecule has 3 nitrogen and oxygen atoms in total. The number of nitrogens with zero attached hydrogens (tertiary/aromatic N) is 2. The topological polar surface area (TPSA) is 23.6 Å². The van der Waals surface area contributed by atoms with Gasteiger partial charge < -0.3 is 4.90 Å². The number of hydrogen-bond acceptors (Lipinski definition) is 3. The van der Waals surface area contributed by atoms with Crippen LogP contribution in [-0.4, -0.2) is 41.7 Å². The largest absolute Gasteiger partial charge is 0.309 e. The quantitative estimate of drug-likeness (QED) is 0.832. The maximum atomic E-state index is 12.9. The molecule has 118 valence electrons. The van der Waals surface area contributed by atoms with Crippen LogP contribution in [0.25, 0.3) is 0 Å². The lowest BCUT2D eigenvalue weighted by Crippen LogP contribution is -2.47. The Balaban J connectivity index is 1.49. The van der Waals surface area contributed by atoms with E-state index >= 15 is 0 Å². The summed E-state index contributed by atoms with van der Waals surface area (Å²) in [5, 5.41) is 0. The molecule has 0 N–H and O–H groups in total. The van der Waals surface area contributed by atoms with Crippen molar-refractivity contribution >= 4 is 23.4 Å². The fraction of sp³-hybridized carbons (Fsp3) is 0.611. The lowest BCUT2D eigenvalue weighted by molar-refractivity contribution is -0.120. The Morgan fingerprint density at radius 3 is 2.82 bits per heavy atom. The van der Waals surface area contributed by atoms with Gasteiger partial charge in [-0.15, -0.1) is 11.8 Å². The van der Waals surface area contributed by atoms with Crippen molar-refractivity contribution in [1.29, 1.82) is 0 Å². The highest BCUT2D eigenvalue weighted by Gasteiger charge is 2.40. The van der Waals surface area contributed by atoms with E-state index in [1.807, 2.05) is 22.7 Å². The summed E-state index contributed by atoms with van der Waals surface area (Å²) in [5.41, 5.74) is 1.11. The minimum absolute atomic E-state index is 0.284. The molecule has 2 aliphatic carbocycles. The van der Waals surface area contributed by atoms with Crippen LogP contribution in [0.15, 0.2) is 29.2 Å². The van der Waals surface area contributed by atoms with Crippen molar-refractivity contribution in [3.8, 4) is 0 Å². The molecule has 1 amide bonds. The minimum atomic E-state index is 0.284. The molecule has 4 rings (SSSR count). The minimum Gasteiger partial charge on any atom is -0.309 e. The maximum Gasteiger partial charge on any atom is 0.241 e. The summed E-state index contributed by atoms with van der Waals surface area (Å²) in [6.45, 7) is 3.77. The van der Waals surface area contributed by atoms with Crippen molar-refractivity contribution in [3.05, 3.63) is 24.3 Å². The van der Waals surface area contributed by atoms with Gasteiger partial charge in [0.05, 0.1) is 12.2 Å². The molecule has 2 saturated carbocycles. The van der Waals surface area contributed by atoms with Crippen LogP contribution in [0.1, 0.15) is 32.6 Å². The summed E-state index contributed by atoms with van der Waals surface area (Å²) in [7, 11) is 0. The van der Waals surface area contributed by atoms with Crippen LogP contribution in [0.3, 0.4) is 0 Å². The molecule has 0 aromatic heterocycles. The lowest BCUT2D eigenvalue weighted by atomic mass is 10.1. The summed E-state index contributed by atoms with van der Waals surface area (Å²) in [6, 6.07) is 9.55. The van der Waals surface area contributed by atoms with Crippen LogP contribution in [0.5, 0.6) is 0 Å². The number of para-hydroxylation sites is 1. The number of thioether (sulfide) groups is 1. The number of carbonyl (C=O) groups excluding carboxylic acids is 1. The second-order valence-electron chi connectivity index (χ2n) is 6.84. The second-order valence-corrected chi connectivity index (χ2v) is 7.98. The van der Waals surface area contributed by atoms with Gasteiger partial charge in [0.2, 0.25) is 5.91 Å². The van der Waals surface area contributed by atoms with Crippen LogP contribution < -0.4 is 4.90 Å². The first kappa shape index (κ1) is 14.6. The standard InChI is InChI=1S/C18H24N2OS/c1-13(14-6-7-14)20(15-8-9-15)12-18(21)19-10-11-22-17-5-3-2-4-16(17)19/h2-5,13-15H,6-12H2,1H3. The molecule has 0 spiro atoms. The predicted octanol–water partition coefficient (Wildman–Crippen LogP) is 3.39. The third-order valence-corrected chi connectivity index (χ3v) is 6.23. The molecule has 22 heavy (non-hydrogen) atoms. The molecule has 1 unspecified atom stereocenters. The molecule has 0 radical (unpaired) electrons. The molecule has 0 saturated heterocycles. The first-order valence-corrected chi connectivity index (χ1v) is 9.50. The average Bonchev–Trinajstić information content (AvgIpc) is 3.42. The van der Waals surface area contributed by atoms with Gasteiger partial charge in [0.15, 0.2) is 0 Å².